The Kier molecular flexibility index (Phi) is 6.21. The molecule has 1 fully saturated rings. The number of carbonyl (C=O) groups excluding carboxylic acids is 2. The summed E-state index contributed by atoms with van der Waals surface area (Å²) in [5.74, 6) is -0.154. The van der Waals surface area contributed by atoms with Crippen LogP contribution in [0.4, 0.5) is 10.5 Å². The minimum absolute atomic E-state index is 0.154. The molecule has 1 saturated heterocycles. The summed E-state index contributed by atoms with van der Waals surface area (Å²) in [6.07, 6.45) is 2.64. The lowest BCUT2D eigenvalue weighted by Gasteiger charge is -2.26. The average Bonchev–Trinajstić information content (AvgIpc) is 3.17. The van der Waals surface area contributed by atoms with E-state index in [0.717, 1.165) is 16.5 Å². The molecule has 0 spiro atoms. The number of aromatic nitrogens is 1. The number of fused-ring (bicyclic) bond motifs is 1. The molecule has 3 N–H and O–H groups in total. The van der Waals surface area contributed by atoms with Gasteiger partial charge in [0.05, 0.1) is 13.2 Å². The van der Waals surface area contributed by atoms with Crippen molar-refractivity contribution in [3.8, 4) is 0 Å². The molecule has 3 aromatic rings. The number of morpholine rings is 1. The van der Waals surface area contributed by atoms with Crippen molar-refractivity contribution in [2.45, 2.75) is 6.42 Å². The molecule has 0 aliphatic carbocycles. The van der Waals surface area contributed by atoms with Gasteiger partial charge in [-0.05, 0) is 54.4 Å². The zero-order valence-corrected chi connectivity index (χ0v) is 17.2. The predicted octanol–water partition coefficient (Wildman–Crippen LogP) is 3.66. The molecule has 30 heavy (non-hydrogen) atoms. The number of hydrogen-bond acceptors (Lipinski definition) is 3. The number of hydrogen-bond donors (Lipinski definition) is 3. The van der Waals surface area contributed by atoms with Gasteiger partial charge in [0.2, 0.25) is 0 Å². The number of ether oxygens (including phenoxy) is 1. The summed E-state index contributed by atoms with van der Waals surface area (Å²) < 4.78 is 5.25. The smallest absolute Gasteiger partial charge is 0.321 e. The first-order valence-corrected chi connectivity index (χ1v) is 10.3. The maximum absolute atomic E-state index is 12.4. The lowest BCUT2D eigenvalue weighted by Crippen LogP contribution is -2.43. The number of anilines is 1. The number of amides is 3. The van der Waals surface area contributed by atoms with E-state index in [-0.39, 0.29) is 11.9 Å². The molecule has 8 heteroatoms. The first-order chi connectivity index (χ1) is 14.6. The number of rotatable bonds is 5. The Hall–Kier alpha value is -3.03. The van der Waals surface area contributed by atoms with E-state index in [4.69, 9.17) is 16.3 Å². The monoisotopic (exact) mass is 426 g/mol. The van der Waals surface area contributed by atoms with Gasteiger partial charge < -0.3 is 25.3 Å². The van der Waals surface area contributed by atoms with E-state index in [0.29, 0.717) is 55.5 Å². The molecule has 0 saturated carbocycles. The largest absolute Gasteiger partial charge is 0.378 e. The summed E-state index contributed by atoms with van der Waals surface area (Å²) in [5, 5.41) is 7.53. The molecule has 0 bridgehead atoms. The van der Waals surface area contributed by atoms with Crippen LogP contribution < -0.4 is 10.6 Å². The first-order valence-electron chi connectivity index (χ1n) is 9.87. The predicted molar refractivity (Wildman–Crippen MR) is 117 cm³/mol. The second kappa shape index (κ2) is 9.19. The Bertz CT molecular complexity index is 1040. The van der Waals surface area contributed by atoms with Gasteiger partial charge in [0.15, 0.2) is 0 Å². The van der Waals surface area contributed by atoms with E-state index in [1.807, 2.05) is 24.4 Å². The van der Waals surface area contributed by atoms with Gasteiger partial charge in [0.25, 0.3) is 5.91 Å². The van der Waals surface area contributed by atoms with Crippen LogP contribution in [0.2, 0.25) is 5.02 Å². The van der Waals surface area contributed by atoms with E-state index >= 15 is 0 Å². The van der Waals surface area contributed by atoms with E-state index in [2.05, 4.69) is 15.6 Å². The Balaban J connectivity index is 1.29. The second-order valence-electron chi connectivity index (χ2n) is 7.12. The average molecular weight is 427 g/mol. The topological polar surface area (TPSA) is 86.5 Å². The normalized spacial score (nSPS) is 14.0. The van der Waals surface area contributed by atoms with Crippen molar-refractivity contribution in [2.75, 3.05) is 38.2 Å². The van der Waals surface area contributed by atoms with Gasteiger partial charge >= 0.3 is 6.03 Å². The minimum Gasteiger partial charge on any atom is -0.378 e. The summed E-state index contributed by atoms with van der Waals surface area (Å²) in [5.41, 5.74) is 3.32. The fraction of sp³-hybridized carbons (Fsp3) is 0.273. The van der Waals surface area contributed by atoms with Crippen molar-refractivity contribution in [2.24, 2.45) is 0 Å². The molecule has 4 rings (SSSR count). The Morgan fingerprint density at radius 1 is 1.10 bits per heavy atom. The third-order valence-electron chi connectivity index (χ3n) is 5.11. The summed E-state index contributed by atoms with van der Waals surface area (Å²) in [4.78, 5) is 29.6. The van der Waals surface area contributed by atoms with Crippen LogP contribution in [-0.2, 0) is 11.2 Å². The van der Waals surface area contributed by atoms with Crippen LogP contribution in [0, 0.1) is 0 Å². The Morgan fingerprint density at radius 3 is 2.63 bits per heavy atom. The van der Waals surface area contributed by atoms with Crippen molar-refractivity contribution in [1.29, 1.82) is 0 Å². The number of halogens is 1. The maximum Gasteiger partial charge on any atom is 0.321 e. The van der Waals surface area contributed by atoms with Gasteiger partial charge in [0.1, 0.15) is 0 Å². The summed E-state index contributed by atoms with van der Waals surface area (Å²) in [6, 6.07) is 12.4. The van der Waals surface area contributed by atoms with Gasteiger partial charge in [-0.2, -0.15) is 0 Å². The Morgan fingerprint density at radius 2 is 1.87 bits per heavy atom. The lowest BCUT2D eigenvalue weighted by atomic mass is 10.1. The van der Waals surface area contributed by atoms with Crippen molar-refractivity contribution in [3.05, 3.63) is 64.8 Å². The van der Waals surface area contributed by atoms with Gasteiger partial charge in [-0.3, -0.25) is 4.79 Å². The molecule has 0 unspecified atom stereocenters. The summed E-state index contributed by atoms with van der Waals surface area (Å²) >= 11 is 6.08. The standard InChI is InChI=1S/C22H23ClN4O3/c23-17-3-6-20-19(13-17)16(14-25-20)7-8-24-21(28)15-1-4-18(5-2-15)26-22(29)27-9-11-30-12-10-27/h1-6,13-14,25H,7-12H2,(H,24,28)(H,26,29). The van der Waals surface area contributed by atoms with Crippen LogP contribution in [0.5, 0.6) is 0 Å². The zero-order valence-electron chi connectivity index (χ0n) is 16.4. The zero-order chi connectivity index (χ0) is 20.9. The molecule has 2 heterocycles. The van der Waals surface area contributed by atoms with Crippen LogP contribution in [0.1, 0.15) is 15.9 Å². The molecule has 7 nitrogen and oxygen atoms in total. The molecule has 0 radical (unpaired) electrons. The van der Waals surface area contributed by atoms with Crippen LogP contribution in [-0.4, -0.2) is 54.7 Å². The van der Waals surface area contributed by atoms with Gasteiger partial charge in [-0.15, -0.1) is 0 Å². The Labute approximate surface area is 179 Å². The molecule has 3 amide bonds. The number of nitrogens with zero attached hydrogens (tertiary/aromatic N) is 1. The minimum atomic E-state index is -0.158. The molecule has 1 aromatic heterocycles. The van der Waals surface area contributed by atoms with E-state index in [1.165, 1.54) is 0 Å². The SMILES string of the molecule is O=C(NCCc1c[nH]c2ccc(Cl)cc12)c1ccc(NC(=O)N2CCOCC2)cc1. The van der Waals surface area contributed by atoms with Crippen molar-refractivity contribution < 1.29 is 14.3 Å². The molecular weight excluding hydrogens is 404 g/mol. The molecule has 0 atom stereocenters. The second-order valence-corrected chi connectivity index (χ2v) is 7.55. The fourth-order valence-corrected chi connectivity index (χ4v) is 3.62. The van der Waals surface area contributed by atoms with Crippen molar-refractivity contribution >= 4 is 40.1 Å². The fourth-order valence-electron chi connectivity index (χ4n) is 3.44. The van der Waals surface area contributed by atoms with E-state index in [9.17, 15) is 9.59 Å². The molecule has 2 aromatic carbocycles. The van der Waals surface area contributed by atoms with Crippen LogP contribution in [0.15, 0.2) is 48.7 Å². The number of urea groups is 1. The lowest BCUT2D eigenvalue weighted by molar-refractivity contribution is 0.0564. The quantitative estimate of drug-likeness (QED) is 0.582. The molecular formula is C22H23ClN4O3. The molecule has 1 aliphatic rings. The van der Waals surface area contributed by atoms with Gasteiger partial charge in [0, 0.05) is 53.0 Å². The first kappa shape index (κ1) is 20.3. The van der Waals surface area contributed by atoms with Crippen molar-refractivity contribution in [3.63, 3.8) is 0 Å². The highest BCUT2D eigenvalue weighted by molar-refractivity contribution is 6.31. The molecule has 156 valence electrons. The maximum atomic E-state index is 12.4. The van der Waals surface area contributed by atoms with Crippen LogP contribution >= 0.6 is 11.6 Å². The summed E-state index contributed by atoms with van der Waals surface area (Å²) in [7, 11) is 0. The third-order valence-corrected chi connectivity index (χ3v) is 5.34. The van der Waals surface area contributed by atoms with Crippen LogP contribution in [0.25, 0.3) is 10.9 Å². The highest BCUT2D eigenvalue weighted by atomic mass is 35.5. The number of carbonyl (C=O) groups is 2. The van der Waals surface area contributed by atoms with Gasteiger partial charge in [-0.1, -0.05) is 11.6 Å². The third kappa shape index (κ3) is 4.75. The van der Waals surface area contributed by atoms with Gasteiger partial charge in [-0.25, -0.2) is 4.79 Å². The number of nitrogens with one attached hydrogen (secondary N) is 3. The highest BCUT2D eigenvalue weighted by Gasteiger charge is 2.16. The summed E-state index contributed by atoms with van der Waals surface area (Å²) in [6.45, 7) is 2.77. The number of H-pyrrole nitrogens is 1. The highest BCUT2D eigenvalue weighted by Crippen LogP contribution is 2.22. The number of benzene rings is 2. The van der Waals surface area contributed by atoms with Crippen LogP contribution in [0.3, 0.4) is 0 Å². The molecule has 1 aliphatic heterocycles. The van der Waals surface area contributed by atoms with Crippen molar-refractivity contribution in [1.82, 2.24) is 15.2 Å². The number of aromatic amines is 1. The van der Waals surface area contributed by atoms with E-state index < -0.39 is 0 Å². The van der Waals surface area contributed by atoms with E-state index in [1.54, 1.807) is 29.2 Å².